The summed E-state index contributed by atoms with van der Waals surface area (Å²) in [6, 6.07) is 28.0. The summed E-state index contributed by atoms with van der Waals surface area (Å²) in [6.07, 6.45) is 10.7. The first-order valence-corrected chi connectivity index (χ1v) is 12.6. The predicted molar refractivity (Wildman–Crippen MR) is 146 cm³/mol. The van der Waals surface area contributed by atoms with Crippen LogP contribution in [0.25, 0.3) is 28.3 Å². The molecular formula is C32H30N2O2. The maximum atomic E-state index is 11.7. The Morgan fingerprint density at radius 3 is 2.19 bits per heavy atom. The van der Waals surface area contributed by atoms with E-state index in [1.54, 1.807) is 6.08 Å². The number of benzene rings is 3. The first kappa shape index (κ1) is 23.6. The fourth-order valence-electron chi connectivity index (χ4n) is 4.73. The summed E-state index contributed by atoms with van der Waals surface area (Å²) in [5, 5.41) is 6.99. The Hall–Kier alpha value is -4.18. The SMILES string of the molecule is CCOC(=O)/C=C/c1ccc(/C(=C(\c2ccccc2)C2CCC2)c2ccc(-c3cn[nH]c3)cc2)cc1. The van der Waals surface area contributed by atoms with Crippen LogP contribution in [0.15, 0.2) is 97.3 Å². The zero-order valence-electron chi connectivity index (χ0n) is 20.5. The predicted octanol–water partition coefficient (Wildman–Crippen LogP) is 7.41. The van der Waals surface area contributed by atoms with E-state index >= 15 is 0 Å². The number of aromatic amines is 1. The molecule has 0 radical (unpaired) electrons. The van der Waals surface area contributed by atoms with Crippen LogP contribution in [-0.2, 0) is 9.53 Å². The first-order chi connectivity index (χ1) is 17.7. The first-order valence-electron chi connectivity index (χ1n) is 12.6. The minimum Gasteiger partial charge on any atom is -0.463 e. The van der Waals surface area contributed by atoms with Gasteiger partial charge >= 0.3 is 5.97 Å². The average Bonchev–Trinajstić information content (AvgIpc) is 3.43. The summed E-state index contributed by atoms with van der Waals surface area (Å²) >= 11 is 0. The molecule has 0 atom stereocenters. The molecular weight excluding hydrogens is 444 g/mol. The highest BCUT2D eigenvalue weighted by atomic mass is 16.5. The van der Waals surface area contributed by atoms with Crippen LogP contribution in [0.1, 0.15) is 48.4 Å². The highest BCUT2D eigenvalue weighted by Gasteiger charge is 2.27. The molecule has 1 N–H and O–H groups in total. The lowest BCUT2D eigenvalue weighted by Gasteiger charge is -2.31. The molecule has 5 rings (SSSR count). The van der Waals surface area contributed by atoms with Gasteiger partial charge < -0.3 is 4.74 Å². The molecule has 36 heavy (non-hydrogen) atoms. The highest BCUT2D eigenvalue weighted by molar-refractivity contribution is 6.00. The van der Waals surface area contributed by atoms with Gasteiger partial charge in [0.25, 0.3) is 0 Å². The van der Waals surface area contributed by atoms with Gasteiger partial charge in [-0.1, -0.05) is 85.3 Å². The lowest BCUT2D eigenvalue weighted by Crippen LogP contribution is -2.15. The summed E-state index contributed by atoms with van der Waals surface area (Å²) in [5.74, 6) is 0.218. The van der Waals surface area contributed by atoms with Gasteiger partial charge in [0.05, 0.1) is 12.8 Å². The van der Waals surface area contributed by atoms with Gasteiger partial charge in [-0.2, -0.15) is 5.10 Å². The van der Waals surface area contributed by atoms with Gasteiger partial charge in [0, 0.05) is 17.8 Å². The zero-order valence-corrected chi connectivity index (χ0v) is 20.5. The third-order valence-electron chi connectivity index (χ3n) is 6.77. The van der Waals surface area contributed by atoms with Gasteiger partial charge in [-0.05, 0) is 70.7 Å². The molecule has 0 unspecified atom stereocenters. The van der Waals surface area contributed by atoms with Crippen molar-refractivity contribution < 1.29 is 9.53 Å². The van der Waals surface area contributed by atoms with Crippen molar-refractivity contribution in [3.8, 4) is 11.1 Å². The minimum absolute atomic E-state index is 0.323. The molecule has 3 aromatic carbocycles. The lowest BCUT2D eigenvalue weighted by molar-refractivity contribution is -0.137. The number of H-pyrrole nitrogens is 1. The number of ether oxygens (including phenoxy) is 1. The van der Waals surface area contributed by atoms with Gasteiger partial charge in [0.2, 0.25) is 0 Å². The zero-order chi connectivity index (χ0) is 24.7. The maximum Gasteiger partial charge on any atom is 0.330 e. The van der Waals surface area contributed by atoms with Gasteiger partial charge in [-0.15, -0.1) is 0 Å². The van der Waals surface area contributed by atoms with Crippen molar-refractivity contribution in [3.63, 3.8) is 0 Å². The molecule has 1 aliphatic carbocycles. The summed E-state index contributed by atoms with van der Waals surface area (Å²) in [5.41, 5.74) is 9.50. The fraction of sp³-hybridized carbons (Fsp3) is 0.188. The van der Waals surface area contributed by atoms with Crippen molar-refractivity contribution in [2.45, 2.75) is 26.2 Å². The summed E-state index contributed by atoms with van der Waals surface area (Å²) < 4.78 is 5.01. The third-order valence-corrected chi connectivity index (χ3v) is 6.77. The number of rotatable bonds is 8. The van der Waals surface area contributed by atoms with Crippen molar-refractivity contribution in [3.05, 3.63) is 120 Å². The number of esters is 1. The number of carbonyl (C=O) groups excluding carboxylic acids is 1. The molecule has 4 aromatic rings. The highest BCUT2D eigenvalue weighted by Crippen LogP contribution is 2.45. The molecule has 180 valence electrons. The number of aromatic nitrogens is 2. The Labute approximate surface area is 212 Å². The third kappa shape index (κ3) is 5.23. The van der Waals surface area contributed by atoms with Crippen LogP contribution >= 0.6 is 0 Å². The van der Waals surface area contributed by atoms with Crippen molar-refractivity contribution in [2.75, 3.05) is 6.61 Å². The van der Waals surface area contributed by atoms with Crippen molar-refractivity contribution in [2.24, 2.45) is 5.92 Å². The monoisotopic (exact) mass is 474 g/mol. The van der Waals surface area contributed by atoms with Crippen molar-refractivity contribution in [1.82, 2.24) is 10.2 Å². The van der Waals surface area contributed by atoms with E-state index in [-0.39, 0.29) is 5.97 Å². The molecule has 1 fully saturated rings. The van der Waals surface area contributed by atoms with Crippen molar-refractivity contribution >= 4 is 23.2 Å². The number of carbonyl (C=O) groups is 1. The van der Waals surface area contributed by atoms with Crippen LogP contribution < -0.4 is 0 Å². The molecule has 1 aromatic heterocycles. The summed E-state index contributed by atoms with van der Waals surface area (Å²) in [7, 11) is 0. The van der Waals surface area contributed by atoms with E-state index in [1.807, 2.05) is 19.3 Å². The lowest BCUT2D eigenvalue weighted by atomic mass is 9.73. The van der Waals surface area contributed by atoms with E-state index < -0.39 is 0 Å². The summed E-state index contributed by atoms with van der Waals surface area (Å²) in [6.45, 7) is 2.18. The molecule has 1 saturated carbocycles. The topological polar surface area (TPSA) is 55.0 Å². The van der Waals surface area contributed by atoms with E-state index in [0.717, 1.165) is 16.7 Å². The molecule has 1 aliphatic rings. The van der Waals surface area contributed by atoms with E-state index in [2.05, 4.69) is 89.1 Å². The van der Waals surface area contributed by atoms with Gasteiger partial charge in [-0.25, -0.2) is 4.79 Å². The number of hydrogen-bond acceptors (Lipinski definition) is 3. The fourth-order valence-corrected chi connectivity index (χ4v) is 4.73. The van der Waals surface area contributed by atoms with Crippen LogP contribution in [0.4, 0.5) is 0 Å². The average molecular weight is 475 g/mol. The Kier molecular flexibility index (Phi) is 7.23. The number of nitrogens with zero attached hydrogens (tertiary/aromatic N) is 1. The van der Waals surface area contributed by atoms with Gasteiger partial charge in [0.15, 0.2) is 0 Å². The smallest absolute Gasteiger partial charge is 0.330 e. The van der Waals surface area contributed by atoms with Crippen LogP contribution in [0, 0.1) is 5.92 Å². The number of allylic oxidation sites excluding steroid dienone is 1. The second kappa shape index (κ2) is 11.0. The Bertz CT molecular complexity index is 1350. The molecule has 0 spiro atoms. The molecule has 4 heteroatoms. The molecule has 4 nitrogen and oxygen atoms in total. The second-order valence-corrected chi connectivity index (χ2v) is 9.05. The number of nitrogens with one attached hydrogen (secondary N) is 1. The molecule has 0 bridgehead atoms. The minimum atomic E-state index is -0.323. The quantitative estimate of drug-likeness (QED) is 0.164. The van der Waals surface area contributed by atoms with Crippen LogP contribution in [0.5, 0.6) is 0 Å². The van der Waals surface area contributed by atoms with Crippen LogP contribution in [0.2, 0.25) is 0 Å². The molecule has 0 aliphatic heterocycles. The van der Waals surface area contributed by atoms with Crippen LogP contribution in [0.3, 0.4) is 0 Å². The number of hydrogen-bond donors (Lipinski definition) is 1. The maximum absolute atomic E-state index is 11.7. The summed E-state index contributed by atoms with van der Waals surface area (Å²) in [4.78, 5) is 11.7. The molecule has 1 heterocycles. The molecule has 0 amide bonds. The van der Waals surface area contributed by atoms with Gasteiger partial charge in [-0.3, -0.25) is 5.10 Å². The Morgan fingerprint density at radius 1 is 0.917 bits per heavy atom. The van der Waals surface area contributed by atoms with E-state index in [1.165, 1.54) is 53.2 Å². The normalized spacial score (nSPS) is 14.4. The van der Waals surface area contributed by atoms with E-state index in [4.69, 9.17) is 4.74 Å². The van der Waals surface area contributed by atoms with E-state index in [0.29, 0.717) is 12.5 Å². The Morgan fingerprint density at radius 2 is 1.61 bits per heavy atom. The van der Waals surface area contributed by atoms with E-state index in [9.17, 15) is 4.79 Å². The van der Waals surface area contributed by atoms with Crippen LogP contribution in [-0.4, -0.2) is 22.8 Å². The standard InChI is InChI=1S/C32H30N2O2/c1-2-36-30(35)20-13-23-11-14-27(15-12-23)32(28-18-16-24(17-19-28)29-21-33-34-22-29)31(26-9-6-10-26)25-7-4-3-5-8-25/h3-5,7-8,11-22,26H,2,6,9-10H2,1H3,(H,33,34)/b20-13+,32-31-. The van der Waals surface area contributed by atoms with Crippen molar-refractivity contribution in [1.29, 1.82) is 0 Å². The molecule has 0 saturated heterocycles. The van der Waals surface area contributed by atoms with Gasteiger partial charge in [0.1, 0.15) is 0 Å². The second-order valence-electron chi connectivity index (χ2n) is 9.05. The Balaban J connectivity index is 1.59. The largest absolute Gasteiger partial charge is 0.463 e.